The van der Waals surface area contributed by atoms with Gasteiger partial charge in [-0.1, -0.05) is 32.4 Å². The minimum Gasteiger partial charge on any atom is -0.465 e. The van der Waals surface area contributed by atoms with Gasteiger partial charge in [-0.05, 0) is 25.0 Å². The molecule has 0 aromatic heterocycles. The summed E-state index contributed by atoms with van der Waals surface area (Å²) in [5, 5.41) is 18.1. The van der Waals surface area contributed by atoms with Gasteiger partial charge in [0.2, 0.25) is 0 Å². The quantitative estimate of drug-likeness (QED) is 0.741. The second kappa shape index (κ2) is 12.5. The molecule has 2 N–H and O–H groups in total. The Morgan fingerprint density at radius 1 is 1.04 bits per heavy atom. The maximum absolute atomic E-state index is 11.2. The first-order valence-corrected chi connectivity index (χ1v) is 8.01. The highest BCUT2D eigenvalue weighted by molar-refractivity contribution is 6.02. The predicted molar refractivity (Wildman–Crippen MR) is 90.9 cm³/mol. The van der Waals surface area contributed by atoms with E-state index in [1.54, 1.807) is 12.1 Å². The van der Waals surface area contributed by atoms with Crippen molar-refractivity contribution >= 4 is 11.9 Å². The van der Waals surface area contributed by atoms with Gasteiger partial charge in [0.15, 0.2) is 0 Å². The van der Waals surface area contributed by atoms with Crippen LogP contribution in [0, 0.1) is 5.92 Å². The van der Waals surface area contributed by atoms with Crippen LogP contribution >= 0.6 is 0 Å². The monoisotopic (exact) mass is 340 g/mol. The van der Waals surface area contributed by atoms with Crippen molar-refractivity contribution in [1.82, 2.24) is 0 Å². The topological polar surface area (TPSA) is 93.1 Å². The molecule has 0 saturated heterocycles. The molecule has 0 aliphatic rings. The van der Waals surface area contributed by atoms with Crippen LogP contribution in [0.2, 0.25) is 0 Å². The van der Waals surface area contributed by atoms with E-state index in [4.69, 9.17) is 5.11 Å². The molecule has 2 atom stereocenters. The van der Waals surface area contributed by atoms with Gasteiger partial charge in [-0.15, -0.1) is 0 Å². The lowest BCUT2D eigenvalue weighted by Crippen LogP contribution is -2.22. The van der Waals surface area contributed by atoms with Crippen LogP contribution in [0.25, 0.3) is 0 Å². The summed E-state index contributed by atoms with van der Waals surface area (Å²) in [4.78, 5) is 22.4. The van der Waals surface area contributed by atoms with Crippen molar-refractivity contribution in [2.24, 2.45) is 5.92 Å². The summed E-state index contributed by atoms with van der Waals surface area (Å²) < 4.78 is 9.05. The number of aliphatic hydroxyl groups is 2. The summed E-state index contributed by atoms with van der Waals surface area (Å²) in [6, 6.07) is 6.33. The van der Waals surface area contributed by atoms with Gasteiger partial charge in [-0.3, -0.25) is 0 Å². The Kier molecular flexibility index (Phi) is 11.5. The maximum Gasteiger partial charge on any atom is 0.338 e. The normalized spacial score (nSPS) is 12.4. The molecule has 1 aromatic carbocycles. The van der Waals surface area contributed by atoms with Gasteiger partial charge < -0.3 is 19.7 Å². The first-order chi connectivity index (χ1) is 11.5. The molecule has 0 saturated carbocycles. The number of carbonyl (C=O) groups is 2. The summed E-state index contributed by atoms with van der Waals surface area (Å²) in [6.45, 7) is 4.13. The number of ether oxygens (including phenoxy) is 2. The fourth-order valence-electron chi connectivity index (χ4n) is 2.11. The zero-order valence-electron chi connectivity index (χ0n) is 14.8. The van der Waals surface area contributed by atoms with Crippen molar-refractivity contribution < 1.29 is 29.3 Å². The van der Waals surface area contributed by atoms with E-state index < -0.39 is 11.9 Å². The minimum atomic E-state index is -0.550. The lowest BCUT2D eigenvalue weighted by Gasteiger charge is -2.17. The van der Waals surface area contributed by atoms with Crippen molar-refractivity contribution in [1.29, 1.82) is 0 Å². The van der Waals surface area contributed by atoms with Crippen LogP contribution in [0.3, 0.4) is 0 Å². The van der Waals surface area contributed by atoms with Gasteiger partial charge in [0, 0.05) is 12.5 Å². The first kappa shape index (κ1) is 22.1. The molecule has 0 aliphatic carbocycles. The molecular formula is C18H28O6. The van der Waals surface area contributed by atoms with Crippen LogP contribution in [0.4, 0.5) is 0 Å². The highest BCUT2D eigenvalue weighted by atomic mass is 16.5. The third kappa shape index (κ3) is 7.10. The van der Waals surface area contributed by atoms with Crippen molar-refractivity contribution in [3.8, 4) is 0 Å². The SMILES string of the molecule is CCCC(O)C(CC)CO.COC(=O)c1ccccc1C(=O)OC. The van der Waals surface area contributed by atoms with Crippen LogP contribution < -0.4 is 0 Å². The number of hydrogen-bond acceptors (Lipinski definition) is 6. The Balaban J connectivity index is 0.000000470. The molecule has 6 nitrogen and oxygen atoms in total. The maximum atomic E-state index is 11.2. The van der Waals surface area contributed by atoms with E-state index in [1.807, 2.05) is 13.8 Å². The molecule has 136 valence electrons. The van der Waals surface area contributed by atoms with E-state index in [2.05, 4.69) is 9.47 Å². The fraction of sp³-hybridized carbons (Fsp3) is 0.556. The smallest absolute Gasteiger partial charge is 0.338 e. The first-order valence-electron chi connectivity index (χ1n) is 8.01. The second-order valence-corrected chi connectivity index (χ2v) is 5.24. The minimum absolute atomic E-state index is 0.0833. The largest absolute Gasteiger partial charge is 0.465 e. The summed E-state index contributed by atoms with van der Waals surface area (Å²) in [6.07, 6.45) is 2.34. The predicted octanol–water partition coefficient (Wildman–Crippen LogP) is 2.43. The molecule has 0 spiro atoms. The molecule has 0 fully saturated rings. The van der Waals surface area contributed by atoms with E-state index in [-0.39, 0.29) is 29.8 Å². The number of methoxy groups -OCH3 is 2. The standard InChI is InChI=1S/C10H10O4.C8H18O2/c1-13-9(11)7-5-3-4-6-8(7)10(12)14-2;1-3-5-8(10)7(4-2)6-9/h3-6H,1-2H3;7-10H,3-6H2,1-2H3. The zero-order valence-corrected chi connectivity index (χ0v) is 14.8. The molecule has 24 heavy (non-hydrogen) atoms. The van der Waals surface area contributed by atoms with Gasteiger partial charge in [-0.2, -0.15) is 0 Å². The molecule has 0 heterocycles. The fourth-order valence-corrected chi connectivity index (χ4v) is 2.11. The van der Waals surface area contributed by atoms with E-state index in [9.17, 15) is 14.7 Å². The van der Waals surface area contributed by atoms with Crippen LogP contribution in [-0.2, 0) is 9.47 Å². The molecule has 0 bridgehead atoms. The number of benzene rings is 1. The third-order valence-electron chi connectivity index (χ3n) is 3.63. The van der Waals surface area contributed by atoms with Crippen molar-refractivity contribution in [2.75, 3.05) is 20.8 Å². The van der Waals surface area contributed by atoms with Crippen LogP contribution in [-0.4, -0.2) is 49.1 Å². The summed E-state index contributed by atoms with van der Waals surface area (Å²) in [7, 11) is 2.52. The lowest BCUT2D eigenvalue weighted by atomic mass is 9.97. The van der Waals surface area contributed by atoms with Gasteiger partial charge >= 0.3 is 11.9 Å². The Hall–Kier alpha value is -1.92. The zero-order chi connectivity index (χ0) is 18.5. The number of rotatable bonds is 7. The van der Waals surface area contributed by atoms with E-state index >= 15 is 0 Å². The second-order valence-electron chi connectivity index (χ2n) is 5.24. The molecule has 0 aliphatic heterocycles. The summed E-state index contributed by atoms with van der Waals surface area (Å²) in [5.74, 6) is -1.02. The average Bonchev–Trinajstić information content (AvgIpc) is 2.62. The Morgan fingerprint density at radius 2 is 1.50 bits per heavy atom. The molecule has 0 radical (unpaired) electrons. The summed E-state index contributed by atoms with van der Waals surface area (Å²) in [5.41, 5.74) is 0.420. The number of aliphatic hydroxyl groups excluding tert-OH is 2. The van der Waals surface area contributed by atoms with E-state index in [1.165, 1.54) is 26.4 Å². The Labute approximate surface area is 143 Å². The number of carbonyl (C=O) groups excluding carboxylic acids is 2. The number of hydrogen-bond donors (Lipinski definition) is 2. The van der Waals surface area contributed by atoms with E-state index in [0.29, 0.717) is 0 Å². The van der Waals surface area contributed by atoms with Crippen molar-refractivity contribution in [3.05, 3.63) is 35.4 Å². The highest BCUT2D eigenvalue weighted by Crippen LogP contribution is 2.12. The van der Waals surface area contributed by atoms with Crippen LogP contribution in [0.15, 0.2) is 24.3 Å². The molecule has 1 rings (SSSR count). The number of esters is 2. The Bertz CT molecular complexity index is 461. The van der Waals surface area contributed by atoms with Gasteiger partial charge in [0.05, 0.1) is 31.5 Å². The molecular weight excluding hydrogens is 312 g/mol. The molecule has 2 unspecified atom stereocenters. The van der Waals surface area contributed by atoms with Crippen molar-refractivity contribution in [3.63, 3.8) is 0 Å². The lowest BCUT2D eigenvalue weighted by molar-refractivity contribution is 0.0555. The van der Waals surface area contributed by atoms with Crippen molar-refractivity contribution in [2.45, 2.75) is 39.2 Å². The third-order valence-corrected chi connectivity index (χ3v) is 3.63. The highest BCUT2D eigenvalue weighted by Gasteiger charge is 2.16. The molecule has 6 heteroatoms. The molecule has 1 aromatic rings. The van der Waals surface area contributed by atoms with Crippen LogP contribution in [0.5, 0.6) is 0 Å². The van der Waals surface area contributed by atoms with Gasteiger partial charge in [-0.25, -0.2) is 9.59 Å². The van der Waals surface area contributed by atoms with E-state index in [0.717, 1.165) is 19.3 Å². The van der Waals surface area contributed by atoms with Gasteiger partial charge in [0.1, 0.15) is 0 Å². The van der Waals surface area contributed by atoms with Gasteiger partial charge in [0.25, 0.3) is 0 Å². The average molecular weight is 340 g/mol. The summed E-state index contributed by atoms with van der Waals surface area (Å²) >= 11 is 0. The molecule has 0 amide bonds. The van der Waals surface area contributed by atoms with Crippen LogP contribution in [0.1, 0.15) is 53.8 Å². The Morgan fingerprint density at radius 3 is 1.79 bits per heavy atom.